The minimum Gasteiger partial charge on any atom is -0.481 e. The Hall–Kier alpha value is -2.57. The molecule has 0 radical (unpaired) electrons. The predicted molar refractivity (Wildman–Crippen MR) is 93.7 cm³/mol. The molecule has 1 saturated heterocycles. The van der Waals surface area contributed by atoms with Gasteiger partial charge in [-0.15, -0.1) is 0 Å². The Bertz CT molecular complexity index is 765. The van der Waals surface area contributed by atoms with Gasteiger partial charge in [0, 0.05) is 43.0 Å². The molecule has 3 rings (SSSR count). The molecule has 0 saturated carbocycles. The normalized spacial score (nSPS) is 17.5. The number of hydrogen-bond acceptors (Lipinski definition) is 6. The predicted octanol–water partition coefficient (Wildman–Crippen LogP) is 2.28. The zero-order valence-corrected chi connectivity index (χ0v) is 14.6. The highest BCUT2D eigenvalue weighted by Crippen LogP contribution is 2.27. The van der Waals surface area contributed by atoms with Crippen LogP contribution in [0.1, 0.15) is 48.2 Å². The minimum atomic E-state index is -0.805. The molecule has 132 valence electrons. The standard InChI is InChI=1S/C18H23N5O2/c1-12-10-15(5-6-17(24)25)22-18(20-12)14-4-3-9-23(11-14)16-7-8-19-13(2)21-16/h7-8,10,14H,3-6,9,11H2,1-2H3,(H,24,25)/t14-/m1/s1. The van der Waals surface area contributed by atoms with E-state index < -0.39 is 5.97 Å². The van der Waals surface area contributed by atoms with Crippen molar-refractivity contribution in [1.29, 1.82) is 0 Å². The molecule has 2 aromatic rings. The molecule has 1 fully saturated rings. The molecule has 7 heteroatoms. The van der Waals surface area contributed by atoms with Gasteiger partial charge in [-0.1, -0.05) is 0 Å². The molecule has 0 spiro atoms. The number of aromatic nitrogens is 4. The zero-order chi connectivity index (χ0) is 17.8. The van der Waals surface area contributed by atoms with Crippen LogP contribution in [0.4, 0.5) is 5.82 Å². The molecule has 3 heterocycles. The molecule has 25 heavy (non-hydrogen) atoms. The molecule has 2 aromatic heterocycles. The number of anilines is 1. The van der Waals surface area contributed by atoms with Gasteiger partial charge in [0.25, 0.3) is 0 Å². The van der Waals surface area contributed by atoms with Gasteiger partial charge in [0.2, 0.25) is 0 Å². The summed E-state index contributed by atoms with van der Waals surface area (Å²) in [6.07, 6.45) is 4.40. The third kappa shape index (κ3) is 4.49. The van der Waals surface area contributed by atoms with E-state index in [4.69, 9.17) is 5.11 Å². The van der Waals surface area contributed by atoms with Crippen molar-refractivity contribution in [3.63, 3.8) is 0 Å². The number of carboxylic acids is 1. The van der Waals surface area contributed by atoms with E-state index >= 15 is 0 Å². The summed E-state index contributed by atoms with van der Waals surface area (Å²) in [5, 5.41) is 8.88. The van der Waals surface area contributed by atoms with Crippen molar-refractivity contribution in [3.8, 4) is 0 Å². The van der Waals surface area contributed by atoms with Crippen molar-refractivity contribution in [1.82, 2.24) is 19.9 Å². The summed E-state index contributed by atoms with van der Waals surface area (Å²) in [6, 6.07) is 3.81. The van der Waals surface area contributed by atoms with Gasteiger partial charge in [0.15, 0.2) is 0 Å². The topological polar surface area (TPSA) is 92.1 Å². The Balaban J connectivity index is 1.77. The lowest BCUT2D eigenvalue weighted by Crippen LogP contribution is -2.35. The van der Waals surface area contributed by atoms with Crippen molar-refractivity contribution in [3.05, 3.63) is 41.4 Å². The van der Waals surface area contributed by atoms with Crippen LogP contribution in [-0.4, -0.2) is 44.1 Å². The smallest absolute Gasteiger partial charge is 0.303 e. The minimum absolute atomic E-state index is 0.0902. The van der Waals surface area contributed by atoms with Crippen molar-refractivity contribution in [2.45, 2.75) is 45.4 Å². The molecule has 0 amide bonds. The van der Waals surface area contributed by atoms with Gasteiger partial charge in [-0.3, -0.25) is 4.79 Å². The Morgan fingerprint density at radius 2 is 2.16 bits per heavy atom. The number of carbonyl (C=O) groups is 1. The summed E-state index contributed by atoms with van der Waals surface area (Å²) in [6.45, 7) is 5.61. The Morgan fingerprint density at radius 1 is 1.32 bits per heavy atom. The van der Waals surface area contributed by atoms with E-state index in [-0.39, 0.29) is 12.3 Å². The second-order valence-electron chi connectivity index (χ2n) is 6.50. The maximum atomic E-state index is 10.8. The number of aryl methyl sites for hydroxylation is 3. The van der Waals surface area contributed by atoms with Crippen LogP contribution in [0, 0.1) is 13.8 Å². The highest BCUT2D eigenvalue weighted by atomic mass is 16.4. The average Bonchev–Trinajstić information content (AvgIpc) is 2.60. The first kappa shape index (κ1) is 17.3. The molecule has 1 aliphatic heterocycles. The third-order valence-electron chi connectivity index (χ3n) is 4.39. The SMILES string of the molecule is Cc1cc(CCC(=O)O)nc([C@@H]2CCCN(c3ccnc(C)n3)C2)n1. The first-order chi connectivity index (χ1) is 12.0. The van der Waals surface area contributed by atoms with Crippen LogP contribution in [0.5, 0.6) is 0 Å². The van der Waals surface area contributed by atoms with Gasteiger partial charge in [0.05, 0.1) is 6.42 Å². The molecule has 0 aromatic carbocycles. The van der Waals surface area contributed by atoms with E-state index in [1.165, 1.54) is 0 Å². The van der Waals surface area contributed by atoms with Crippen LogP contribution >= 0.6 is 0 Å². The molecule has 1 atom stereocenters. The fourth-order valence-corrected chi connectivity index (χ4v) is 3.22. The van der Waals surface area contributed by atoms with Gasteiger partial charge in [0.1, 0.15) is 17.5 Å². The molecule has 7 nitrogen and oxygen atoms in total. The fourth-order valence-electron chi connectivity index (χ4n) is 3.22. The summed E-state index contributed by atoms with van der Waals surface area (Å²) in [5.74, 6) is 1.95. The number of nitrogens with zero attached hydrogens (tertiary/aromatic N) is 5. The van der Waals surface area contributed by atoms with E-state index in [0.717, 1.165) is 54.8 Å². The Morgan fingerprint density at radius 3 is 2.92 bits per heavy atom. The van der Waals surface area contributed by atoms with E-state index in [9.17, 15) is 4.79 Å². The highest BCUT2D eigenvalue weighted by molar-refractivity contribution is 5.66. The van der Waals surface area contributed by atoms with E-state index in [1.807, 2.05) is 26.0 Å². The third-order valence-corrected chi connectivity index (χ3v) is 4.39. The lowest BCUT2D eigenvalue weighted by Gasteiger charge is -2.33. The molecule has 1 N–H and O–H groups in total. The van der Waals surface area contributed by atoms with E-state index in [1.54, 1.807) is 6.20 Å². The fraction of sp³-hybridized carbons (Fsp3) is 0.500. The summed E-state index contributed by atoms with van der Waals surface area (Å²) < 4.78 is 0. The van der Waals surface area contributed by atoms with Crippen molar-refractivity contribution >= 4 is 11.8 Å². The van der Waals surface area contributed by atoms with E-state index in [0.29, 0.717) is 6.42 Å². The summed E-state index contributed by atoms with van der Waals surface area (Å²) >= 11 is 0. The van der Waals surface area contributed by atoms with Crippen LogP contribution in [0.2, 0.25) is 0 Å². The zero-order valence-electron chi connectivity index (χ0n) is 14.6. The molecule has 0 aliphatic carbocycles. The summed E-state index contributed by atoms with van der Waals surface area (Å²) in [4.78, 5) is 31.0. The van der Waals surface area contributed by atoms with Crippen molar-refractivity contribution < 1.29 is 9.90 Å². The van der Waals surface area contributed by atoms with Crippen LogP contribution in [0.15, 0.2) is 18.3 Å². The lowest BCUT2D eigenvalue weighted by atomic mass is 9.96. The van der Waals surface area contributed by atoms with Crippen molar-refractivity contribution in [2.75, 3.05) is 18.0 Å². The van der Waals surface area contributed by atoms with Crippen LogP contribution in [0.3, 0.4) is 0 Å². The van der Waals surface area contributed by atoms with Gasteiger partial charge >= 0.3 is 5.97 Å². The molecule has 1 aliphatic rings. The largest absolute Gasteiger partial charge is 0.481 e. The van der Waals surface area contributed by atoms with Gasteiger partial charge in [-0.2, -0.15) is 0 Å². The number of aliphatic carboxylic acids is 1. The number of hydrogen-bond donors (Lipinski definition) is 1. The Labute approximate surface area is 147 Å². The number of rotatable bonds is 5. The first-order valence-electron chi connectivity index (χ1n) is 8.62. The number of carboxylic acid groups (broad SMARTS) is 1. The highest BCUT2D eigenvalue weighted by Gasteiger charge is 2.25. The quantitative estimate of drug-likeness (QED) is 0.892. The number of piperidine rings is 1. The molecular formula is C18H23N5O2. The maximum Gasteiger partial charge on any atom is 0.303 e. The van der Waals surface area contributed by atoms with Crippen LogP contribution in [-0.2, 0) is 11.2 Å². The summed E-state index contributed by atoms with van der Waals surface area (Å²) in [7, 11) is 0. The monoisotopic (exact) mass is 341 g/mol. The second kappa shape index (κ2) is 7.55. The van der Waals surface area contributed by atoms with Gasteiger partial charge in [-0.25, -0.2) is 19.9 Å². The van der Waals surface area contributed by atoms with Gasteiger partial charge in [-0.05, 0) is 38.8 Å². The van der Waals surface area contributed by atoms with Crippen molar-refractivity contribution in [2.24, 2.45) is 0 Å². The van der Waals surface area contributed by atoms with Crippen LogP contribution < -0.4 is 4.90 Å². The van der Waals surface area contributed by atoms with E-state index in [2.05, 4.69) is 24.8 Å². The summed E-state index contributed by atoms with van der Waals surface area (Å²) in [5.41, 5.74) is 1.69. The second-order valence-corrected chi connectivity index (χ2v) is 6.50. The molecular weight excluding hydrogens is 318 g/mol. The molecule has 0 bridgehead atoms. The lowest BCUT2D eigenvalue weighted by molar-refractivity contribution is -0.136. The maximum absolute atomic E-state index is 10.8. The average molecular weight is 341 g/mol. The van der Waals surface area contributed by atoms with Crippen LogP contribution in [0.25, 0.3) is 0 Å². The Kier molecular flexibility index (Phi) is 5.21. The molecule has 0 unspecified atom stereocenters. The van der Waals surface area contributed by atoms with Gasteiger partial charge < -0.3 is 10.0 Å². The first-order valence-corrected chi connectivity index (χ1v) is 8.62.